The van der Waals surface area contributed by atoms with Crippen molar-refractivity contribution in [3.63, 3.8) is 0 Å². The van der Waals surface area contributed by atoms with Crippen LogP contribution in [0.15, 0.2) is 60.3 Å². The monoisotopic (exact) mass is 416 g/mol. The number of halogens is 2. The minimum Gasteiger partial charge on any atom is -0.325 e. The van der Waals surface area contributed by atoms with Crippen LogP contribution in [0.25, 0.3) is 11.4 Å². The molecule has 1 amide bonds. The minimum atomic E-state index is -0.532. The van der Waals surface area contributed by atoms with E-state index >= 15 is 0 Å². The fourth-order valence-electron chi connectivity index (χ4n) is 2.61. The van der Waals surface area contributed by atoms with E-state index in [-0.39, 0.29) is 16.7 Å². The molecular formula is C20H18ClFN4OS. The molecule has 1 aromatic heterocycles. The van der Waals surface area contributed by atoms with Crippen molar-refractivity contribution >= 4 is 35.0 Å². The summed E-state index contributed by atoms with van der Waals surface area (Å²) in [6.45, 7) is 6.32. The fourth-order valence-corrected chi connectivity index (χ4v) is 3.54. The van der Waals surface area contributed by atoms with Crippen LogP contribution < -0.4 is 5.32 Å². The topological polar surface area (TPSA) is 59.8 Å². The van der Waals surface area contributed by atoms with Crippen LogP contribution >= 0.6 is 23.4 Å². The van der Waals surface area contributed by atoms with E-state index in [1.807, 2.05) is 35.8 Å². The third-order valence-electron chi connectivity index (χ3n) is 3.95. The van der Waals surface area contributed by atoms with Crippen molar-refractivity contribution in [2.24, 2.45) is 0 Å². The average molecular weight is 417 g/mol. The Bertz CT molecular complexity index is 1020. The van der Waals surface area contributed by atoms with Gasteiger partial charge in [-0.05, 0) is 30.7 Å². The van der Waals surface area contributed by atoms with Crippen molar-refractivity contribution in [1.82, 2.24) is 14.8 Å². The van der Waals surface area contributed by atoms with Gasteiger partial charge in [-0.3, -0.25) is 9.36 Å². The van der Waals surface area contributed by atoms with Crippen LogP contribution in [-0.4, -0.2) is 26.4 Å². The van der Waals surface area contributed by atoms with Gasteiger partial charge in [-0.15, -0.1) is 16.8 Å². The maximum atomic E-state index is 13.2. The van der Waals surface area contributed by atoms with E-state index in [1.54, 1.807) is 6.08 Å². The molecule has 8 heteroatoms. The van der Waals surface area contributed by atoms with Crippen LogP contribution in [-0.2, 0) is 11.3 Å². The Morgan fingerprint density at radius 3 is 2.82 bits per heavy atom. The predicted octanol–water partition coefficient (Wildman–Crippen LogP) is 4.96. The van der Waals surface area contributed by atoms with E-state index in [4.69, 9.17) is 11.6 Å². The molecule has 2 aromatic carbocycles. The first kappa shape index (κ1) is 20.1. The molecule has 0 unspecified atom stereocenters. The molecule has 3 rings (SSSR count). The van der Waals surface area contributed by atoms with Gasteiger partial charge in [0.05, 0.1) is 10.8 Å². The highest BCUT2D eigenvalue weighted by molar-refractivity contribution is 7.99. The molecule has 0 saturated carbocycles. The molecule has 144 valence electrons. The Hall–Kier alpha value is -2.64. The zero-order valence-corrected chi connectivity index (χ0v) is 16.7. The first-order valence-electron chi connectivity index (χ1n) is 8.47. The van der Waals surface area contributed by atoms with Gasteiger partial charge < -0.3 is 5.32 Å². The third kappa shape index (κ3) is 4.61. The Balaban J connectivity index is 1.73. The van der Waals surface area contributed by atoms with E-state index in [0.717, 1.165) is 17.0 Å². The Morgan fingerprint density at radius 1 is 1.32 bits per heavy atom. The number of carbonyl (C=O) groups is 1. The summed E-state index contributed by atoms with van der Waals surface area (Å²) in [5, 5.41) is 11.8. The molecule has 28 heavy (non-hydrogen) atoms. The molecule has 0 atom stereocenters. The summed E-state index contributed by atoms with van der Waals surface area (Å²) in [7, 11) is 0. The predicted molar refractivity (Wildman–Crippen MR) is 111 cm³/mol. The van der Waals surface area contributed by atoms with Gasteiger partial charge in [-0.2, -0.15) is 0 Å². The molecule has 3 aromatic rings. The summed E-state index contributed by atoms with van der Waals surface area (Å²) in [6, 6.07) is 11.9. The van der Waals surface area contributed by atoms with Crippen molar-refractivity contribution in [3.05, 3.63) is 71.5 Å². The number of nitrogens with zero attached hydrogens (tertiary/aromatic N) is 3. The summed E-state index contributed by atoms with van der Waals surface area (Å²) >= 11 is 7.00. The number of carbonyl (C=O) groups excluding carboxylic acids is 1. The third-order valence-corrected chi connectivity index (χ3v) is 5.21. The number of aromatic nitrogens is 3. The molecule has 0 aliphatic rings. The van der Waals surface area contributed by atoms with E-state index in [9.17, 15) is 9.18 Å². The molecule has 0 spiro atoms. The van der Waals surface area contributed by atoms with Crippen LogP contribution in [0.3, 0.4) is 0 Å². The zero-order valence-electron chi connectivity index (χ0n) is 15.2. The normalized spacial score (nSPS) is 10.7. The summed E-state index contributed by atoms with van der Waals surface area (Å²) < 4.78 is 15.1. The molecule has 0 saturated heterocycles. The molecular weight excluding hydrogens is 399 g/mol. The maximum Gasteiger partial charge on any atom is 0.234 e. The minimum absolute atomic E-state index is 0.0425. The Morgan fingerprint density at radius 2 is 2.11 bits per heavy atom. The molecule has 0 radical (unpaired) electrons. The van der Waals surface area contributed by atoms with E-state index < -0.39 is 5.82 Å². The highest BCUT2D eigenvalue weighted by Crippen LogP contribution is 2.26. The van der Waals surface area contributed by atoms with Gasteiger partial charge >= 0.3 is 0 Å². The smallest absolute Gasteiger partial charge is 0.234 e. The van der Waals surface area contributed by atoms with Crippen LogP contribution in [0, 0.1) is 12.7 Å². The van der Waals surface area contributed by atoms with Gasteiger partial charge in [0, 0.05) is 17.8 Å². The number of anilines is 1. The maximum absolute atomic E-state index is 13.2. The van der Waals surface area contributed by atoms with E-state index in [1.165, 1.54) is 30.0 Å². The number of hydrogen-bond acceptors (Lipinski definition) is 4. The molecule has 0 aliphatic carbocycles. The fraction of sp³-hybridized carbons (Fsp3) is 0.150. The summed E-state index contributed by atoms with van der Waals surface area (Å²) in [4.78, 5) is 12.2. The number of aryl methyl sites for hydroxylation is 1. The second-order valence-corrected chi connectivity index (χ2v) is 7.34. The standard InChI is InChI=1S/C20H18ClFN4OS/c1-3-10-26-19(15-7-5-4-6-13(15)2)24-25-20(26)28-12-18(27)23-14-8-9-17(22)16(21)11-14/h3-9,11H,1,10,12H2,2H3,(H,23,27). The van der Waals surface area contributed by atoms with Gasteiger partial charge in [0.2, 0.25) is 5.91 Å². The van der Waals surface area contributed by atoms with Gasteiger partial charge in [-0.25, -0.2) is 4.39 Å². The molecule has 1 N–H and O–H groups in total. The van der Waals surface area contributed by atoms with Crippen LogP contribution in [0.5, 0.6) is 0 Å². The van der Waals surface area contributed by atoms with Crippen molar-refractivity contribution in [2.75, 3.05) is 11.1 Å². The lowest BCUT2D eigenvalue weighted by atomic mass is 10.1. The highest BCUT2D eigenvalue weighted by Gasteiger charge is 2.16. The SMILES string of the molecule is C=CCn1c(SCC(=O)Nc2ccc(F)c(Cl)c2)nnc1-c1ccccc1C. The number of hydrogen-bond donors (Lipinski definition) is 1. The van der Waals surface area contributed by atoms with E-state index in [2.05, 4.69) is 22.1 Å². The lowest BCUT2D eigenvalue weighted by Crippen LogP contribution is -2.14. The number of rotatable bonds is 7. The molecule has 1 heterocycles. The first-order chi connectivity index (χ1) is 13.5. The lowest BCUT2D eigenvalue weighted by Gasteiger charge is -2.10. The highest BCUT2D eigenvalue weighted by atomic mass is 35.5. The van der Waals surface area contributed by atoms with Crippen molar-refractivity contribution in [1.29, 1.82) is 0 Å². The largest absolute Gasteiger partial charge is 0.325 e. The first-order valence-corrected chi connectivity index (χ1v) is 9.83. The number of nitrogens with one attached hydrogen (secondary N) is 1. The quantitative estimate of drug-likeness (QED) is 0.436. The summed E-state index contributed by atoms with van der Waals surface area (Å²) in [5.74, 6) is 0.0673. The average Bonchev–Trinajstić information content (AvgIpc) is 3.06. The lowest BCUT2D eigenvalue weighted by molar-refractivity contribution is -0.113. The molecule has 0 bridgehead atoms. The zero-order chi connectivity index (χ0) is 20.1. The summed E-state index contributed by atoms with van der Waals surface area (Å²) in [5.41, 5.74) is 2.50. The number of thioether (sulfide) groups is 1. The molecule has 0 fully saturated rings. The number of amides is 1. The number of benzene rings is 2. The second-order valence-electron chi connectivity index (χ2n) is 5.99. The van der Waals surface area contributed by atoms with E-state index in [0.29, 0.717) is 17.4 Å². The number of allylic oxidation sites excluding steroid dienone is 1. The van der Waals surface area contributed by atoms with Crippen molar-refractivity contribution in [3.8, 4) is 11.4 Å². The van der Waals surface area contributed by atoms with Gasteiger partial charge in [0.25, 0.3) is 0 Å². The van der Waals surface area contributed by atoms with Crippen LogP contribution in [0.4, 0.5) is 10.1 Å². The van der Waals surface area contributed by atoms with Gasteiger partial charge in [0.1, 0.15) is 5.82 Å². The Kier molecular flexibility index (Phi) is 6.49. The second kappa shape index (κ2) is 9.03. The van der Waals surface area contributed by atoms with Crippen LogP contribution in [0.2, 0.25) is 5.02 Å². The Labute approximate surface area is 171 Å². The van der Waals surface area contributed by atoms with Crippen molar-refractivity contribution < 1.29 is 9.18 Å². The van der Waals surface area contributed by atoms with Crippen molar-refractivity contribution in [2.45, 2.75) is 18.6 Å². The summed E-state index contributed by atoms with van der Waals surface area (Å²) in [6.07, 6.45) is 1.76. The van der Waals surface area contributed by atoms with Crippen LogP contribution in [0.1, 0.15) is 5.56 Å². The van der Waals surface area contributed by atoms with Gasteiger partial charge in [0.15, 0.2) is 11.0 Å². The van der Waals surface area contributed by atoms with Gasteiger partial charge in [-0.1, -0.05) is 53.7 Å². The molecule has 5 nitrogen and oxygen atoms in total. The molecule has 0 aliphatic heterocycles.